The largest absolute Gasteiger partial charge is 0.378 e. The Kier molecular flexibility index (Phi) is 5.12. The van der Waals surface area contributed by atoms with E-state index in [0.29, 0.717) is 11.7 Å². The van der Waals surface area contributed by atoms with Crippen molar-refractivity contribution in [3.63, 3.8) is 0 Å². The smallest absolute Gasteiger partial charge is 0.129 e. The minimum Gasteiger partial charge on any atom is -0.378 e. The van der Waals surface area contributed by atoms with Crippen molar-refractivity contribution < 1.29 is 9.13 Å². The van der Waals surface area contributed by atoms with Gasteiger partial charge in [0.25, 0.3) is 0 Å². The first-order valence-electron chi connectivity index (χ1n) is 6.24. The van der Waals surface area contributed by atoms with E-state index in [1.807, 2.05) is 6.07 Å². The summed E-state index contributed by atoms with van der Waals surface area (Å²) in [5.41, 5.74) is 3.29. The minimum absolute atomic E-state index is 0.190. The monoisotopic (exact) mass is 316 g/mol. The van der Waals surface area contributed by atoms with Crippen LogP contribution in [-0.2, 0) is 4.74 Å². The van der Waals surface area contributed by atoms with Crippen LogP contribution in [0.5, 0.6) is 0 Å². The Morgan fingerprint density at radius 2 is 2.39 bits per heavy atom. The highest BCUT2D eigenvalue weighted by Gasteiger charge is 2.21. The van der Waals surface area contributed by atoms with Crippen LogP contribution in [0.4, 0.5) is 4.39 Å². The van der Waals surface area contributed by atoms with Gasteiger partial charge in [0.15, 0.2) is 0 Å². The number of benzene rings is 1. The molecule has 1 fully saturated rings. The number of halogens is 2. The fourth-order valence-corrected chi connectivity index (χ4v) is 3.00. The molecule has 3 N–H and O–H groups in total. The first kappa shape index (κ1) is 13.9. The maximum absolute atomic E-state index is 13.8. The van der Waals surface area contributed by atoms with Gasteiger partial charge in [-0.05, 0) is 37.8 Å². The molecular weight excluding hydrogens is 299 g/mol. The van der Waals surface area contributed by atoms with Crippen molar-refractivity contribution in [3.8, 4) is 0 Å². The van der Waals surface area contributed by atoms with Crippen molar-refractivity contribution in [3.05, 3.63) is 34.1 Å². The Balaban J connectivity index is 2.03. The molecule has 1 saturated heterocycles. The first-order chi connectivity index (χ1) is 8.72. The van der Waals surface area contributed by atoms with E-state index in [2.05, 4.69) is 21.4 Å². The molecule has 3 nitrogen and oxygen atoms in total. The van der Waals surface area contributed by atoms with Crippen molar-refractivity contribution in [2.24, 2.45) is 5.84 Å². The molecule has 0 amide bonds. The molecule has 5 heteroatoms. The van der Waals surface area contributed by atoms with Gasteiger partial charge in [-0.15, -0.1) is 0 Å². The molecular formula is C13H18BrFN2O. The van der Waals surface area contributed by atoms with Gasteiger partial charge in [0.05, 0.1) is 12.1 Å². The summed E-state index contributed by atoms with van der Waals surface area (Å²) >= 11 is 3.38. The molecule has 100 valence electrons. The molecule has 1 aromatic rings. The van der Waals surface area contributed by atoms with Crippen molar-refractivity contribution in [2.45, 2.75) is 37.8 Å². The van der Waals surface area contributed by atoms with Crippen LogP contribution < -0.4 is 11.3 Å². The molecule has 0 saturated carbocycles. The minimum atomic E-state index is -0.236. The van der Waals surface area contributed by atoms with Gasteiger partial charge < -0.3 is 4.74 Å². The molecule has 2 unspecified atom stereocenters. The van der Waals surface area contributed by atoms with Crippen LogP contribution in [0.1, 0.15) is 37.3 Å². The number of hydrazine groups is 1. The van der Waals surface area contributed by atoms with Gasteiger partial charge in [0.2, 0.25) is 0 Å². The van der Waals surface area contributed by atoms with Crippen molar-refractivity contribution >= 4 is 15.9 Å². The maximum Gasteiger partial charge on any atom is 0.129 e. The summed E-state index contributed by atoms with van der Waals surface area (Å²) in [5.74, 6) is 5.31. The predicted molar refractivity (Wildman–Crippen MR) is 72.4 cm³/mol. The SMILES string of the molecule is NNC(CCC1CCCO1)c1c(F)cccc1Br. The van der Waals surface area contributed by atoms with Crippen LogP contribution in [0.25, 0.3) is 0 Å². The van der Waals surface area contributed by atoms with Gasteiger partial charge >= 0.3 is 0 Å². The van der Waals surface area contributed by atoms with Gasteiger partial charge in [0.1, 0.15) is 5.82 Å². The Bertz CT molecular complexity index is 376. The lowest BCUT2D eigenvalue weighted by Crippen LogP contribution is -2.29. The predicted octanol–water partition coefficient (Wildman–Crippen LogP) is 3.05. The summed E-state index contributed by atoms with van der Waals surface area (Å²) in [4.78, 5) is 0. The number of rotatable bonds is 5. The average molecular weight is 317 g/mol. The summed E-state index contributed by atoms with van der Waals surface area (Å²) in [5, 5.41) is 0. The highest BCUT2D eigenvalue weighted by atomic mass is 79.9. The van der Waals surface area contributed by atoms with Crippen LogP contribution in [0, 0.1) is 5.82 Å². The Hall–Kier alpha value is -0.490. The van der Waals surface area contributed by atoms with E-state index in [-0.39, 0.29) is 11.9 Å². The molecule has 0 aliphatic carbocycles. The van der Waals surface area contributed by atoms with Crippen molar-refractivity contribution in [1.82, 2.24) is 5.43 Å². The quantitative estimate of drug-likeness (QED) is 0.648. The topological polar surface area (TPSA) is 47.3 Å². The maximum atomic E-state index is 13.8. The number of ether oxygens (including phenoxy) is 1. The van der Waals surface area contributed by atoms with E-state index < -0.39 is 0 Å². The van der Waals surface area contributed by atoms with E-state index in [1.165, 1.54) is 6.07 Å². The zero-order chi connectivity index (χ0) is 13.0. The molecule has 2 atom stereocenters. The van der Waals surface area contributed by atoms with E-state index >= 15 is 0 Å². The van der Waals surface area contributed by atoms with Crippen molar-refractivity contribution in [2.75, 3.05) is 6.61 Å². The normalized spacial score (nSPS) is 21.2. The van der Waals surface area contributed by atoms with Crippen LogP contribution in [-0.4, -0.2) is 12.7 Å². The van der Waals surface area contributed by atoms with E-state index in [1.54, 1.807) is 6.07 Å². The molecule has 1 aliphatic rings. The summed E-state index contributed by atoms with van der Waals surface area (Å²) in [6.07, 6.45) is 4.17. The van der Waals surface area contributed by atoms with Crippen molar-refractivity contribution in [1.29, 1.82) is 0 Å². The zero-order valence-electron chi connectivity index (χ0n) is 10.2. The molecule has 2 rings (SSSR count). The lowest BCUT2D eigenvalue weighted by Gasteiger charge is -2.20. The fourth-order valence-electron chi connectivity index (χ4n) is 2.38. The second-order valence-corrected chi connectivity index (χ2v) is 5.42. The highest BCUT2D eigenvalue weighted by Crippen LogP contribution is 2.30. The molecule has 1 aliphatic heterocycles. The molecule has 1 aromatic carbocycles. The van der Waals surface area contributed by atoms with E-state index in [4.69, 9.17) is 10.6 Å². The molecule has 0 radical (unpaired) electrons. The second-order valence-electron chi connectivity index (χ2n) is 4.57. The van der Waals surface area contributed by atoms with E-state index in [0.717, 1.165) is 36.8 Å². The standard InChI is InChI=1S/C13H18BrFN2O/c14-10-4-1-5-11(15)13(10)12(17-16)7-6-9-3-2-8-18-9/h1,4-5,9,12,17H,2-3,6-8,16H2. The summed E-state index contributed by atoms with van der Waals surface area (Å²) in [6, 6.07) is 4.77. The van der Waals surface area contributed by atoms with Crippen LogP contribution in [0.15, 0.2) is 22.7 Å². The van der Waals surface area contributed by atoms with Crippen LogP contribution >= 0.6 is 15.9 Å². The van der Waals surface area contributed by atoms with Gasteiger partial charge in [0, 0.05) is 16.6 Å². The number of nitrogens with two attached hydrogens (primary N) is 1. The fraction of sp³-hybridized carbons (Fsp3) is 0.538. The van der Waals surface area contributed by atoms with Gasteiger partial charge in [-0.25, -0.2) is 4.39 Å². The Morgan fingerprint density at radius 1 is 1.56 bits per heavy atom. The average Bonchev–Trinajstić information content (AvgIpc) is 2.86. The number of hydrogen-bond acceptors (Lipinski definition) is 3. The summed E-state index contributed by atoms with van der Waals surface area (Å²) in [7, 11) is 0. The van der Waals surface area contributed by atoms with Gasteiger partial charge in [-0.2, -0.15) is 0 Å². The highest BCUT2D eigenvalue weighted by molar-refractivity contribution is 9.10. The number of nitrogens with one attached hydrogen (secondary N) is 1. The Labute approximate surface area is 115 Å². The molecule has 0 spiro atoms. The third-order valence-corrected chi connectivity index (χ3v) is 4.04. The summed E-state index contributed by atoms with van der Waals surface area (Å²) < 4.78 is 20.1. The molecule has 0 aromatic heterocycles. The first-order valence-corrected chi connectivity index (χ1v) is 7.03. The van der Waals surface area contributed by atoms with E-state index in [9.17, 15) is 4.39 Å². The van der Waals surface area contributed by atoms with Crippen LogP contribution in [0.3, 0.4) is 0 Å². The second kappa shape index (κ2) is 6.61. The third-order valence-electron chi connectivity index (χ3n) is 3.35. The lowest BCUT2D eigenvalue weighted by atomic mass is 9.99. The van der Waals surface area contributed by atoms with Crippen LogP contribution in [0.2, 0.25) is 0 Å². The zero-order valence-corrected chi connectivity index (χ0v) is 11.7. The lowest BCUT2D eigenvalue weighted by molar-refractivity contribution is 0.0994. The molecule has 18 heavy (non-hydrogen) atoms. The summed E-state index contributed by atoms with van der Waals surface area (Å²) in [6.45, 7) is 0.842. The number of hydrogen-bond donors (Lipinski definition) is 2. The third kappa shape index (κ3) is 3.29. The molecule has 1 heterocycles. The Morgan fingerprint density at radius 3 is 3.00 bits per heavy atom. The molecule has 0 bridgehead atoms. The van der Waals surface area contributed by atoms with Gasteiger partial charge in [-0.1, -0.05) is 22.0 Å². The van der Waals surface area contributed by atoms with Gasteiger partial charge in [-0.3, -0.25) is 11.3 Å².